The monoisotopic (exact) mass is 287 g/mol. The third-order valence-corrected chi connectivity index (χ3v) is 4.35. The number of unbranched alkanes of at least 4 members (excludes halogenated alkanes) is 1. The number of aromatic hydroxyl groups is 1. The van der Waals surface area contributed by atoms with Gasteiger partial charge in [-0.1, -0.05) is 44.4 Å². The third-order valence-electron chi connectivity index (χ3n) is 4.35. The highest BCUT2D eigenvalue weighted by Crippen LogP contribution is 2.29. The maximum absolute atomic E-state index is 9.76. The number of benzene rings is 1. The third kappa shape index (κ3) is 5.11. The van der Waals surface area contributed by atoms with E-state index >= 15 is 0 Å². The number of phenols is 1. The van der Waals surface area contributed by atoms with Gasteiger partial charge in [0.05, 0.1) is 0 Å². The molecule has 0 atom stereocenters. The van der Waals surface area contributed by atoms with E-state index in [0.29, 0.717) is 11.8 Å². The predicted octanol–water partition coefficient (Wildman–Crippen LogP) is 5.28. The summed E-state index contributed by atoms with van der Waals surface area (Å²) in [5, 5.41) is 9.76. The minimum absolute atomic E-state index is 0.374. The lowest BCUT2D eigenvalue weighted by Gasteiger charge is -2.36. The maximum atomic E-state index is 9.76. The Morgan fingerprint density at radius 2 is 2.00 bits per heavy atom. The molecule has 2 heteroatoms. The van der Waals surface area contributed by atoms with Crippen LogP contribution < -0.4 is 4.90 Å². The molecule has 0 heterocycles. The molecule has 1 aliphatic rings. The van der Waals surface area contributed by atoms with Gasteiger partial charge in [-0.2, -0.15) is 0 Å². The second kappa shape index (κ2) is 8.76. The Morgan fingerprint density at radius 3 is 2.71 bits per heavy atom. The van der Waals surface area contributed by atoms with E-state index in [1.807, 2.05) is 12.1 Å². The van der Waals surface area contributed by atoms with Gasteiger partial charge in [0, 0.05) is 24.3 Å². The van der Waals surface area contributed by atoms with E-state index in [1.165, 1.54) is 44.2 Å². The Balaban J connectivity index is 2.01. The van der Waals surface area contributed by atoms with Crippen LogP contribution in [0.4, 0.5) is 5.69 Å². The van der Waals surface area contributed by atoms with E-state index in [-0.39, 0.29) is 0 Å². The van der Waals surface area contributed by atoms with Gasteiger partial charge in [0.15, 0.2) is 0 Å². The van der Waals surface area contributed by atoms with Crippen LogP contribution in [-0.4, -0.2) is 17.7 Å². The topological polar surface area (TPSA) is 23.5 Å². The molecule has 0 spiro atoms. The van der Waals surface area contributed by atoms with Crippen molar-refractivity contribution in [1.82, 2.24) is 0 Å². The Bertz CT molecular complexity index is 435. The smallest absolute Gasteiger partial charge is 0.117 e. The number of hydrogen-bond acceptors (Lipinski definition) is 2. The molecule has 1 aliphatic carbocycles. The summed E-state index contributed by atoms with van der Waals surface area (Å²) in [6.45, 7) is 3.26. The quantitative estimate of drug-likeness (QED) is 0.545. The Hall–Kier alpha value is -1.44. The van der Waals surface area contributed by atoms with Gasteiger partial charge in [0.1, 0.15) is 5.75 Å². The molecule has 21 heavy (non-hydrogen) atoms. The van der Waals surface area contributed by atoms with E-state index in [2.05, 4.69) is 30.0 Å². The lowest BCUT2D eigenvalue weighted by molar-refractivity contribution is 0.412. The van der Waals surface area contributed by atoms with Crippen LogP contribution in [0.1, 0.15) is 58.3 Å². The van der Waals surface area contributed by atoms with Gasteiger partial charge in [-0.05, 0) is 44.2 Å². The lowest BCUT2D eigenvalue weighted by atomic mass is 9.93. The van der Waals surface area contributed by atoms with Gasteiger partial charge in [0.2, 0.25) is 0 Å². The summed E-state index contributed by atoms with van der Waals surface area (Å²) in [4.78, 5) is 2.53. The number of phenolic OH excluding ortho intramolecular Hbond substituents is 1. The van der Waals surface area contributed by atoms with E-state index in [4.69, 9.17) is 0 Å². The van der Waals surface area contributed by atoms with Crippen molar-refractivity contribution in [1.29, 1.82) is 0 Å². The van der Waals surface area contributed by atoms with Crippen molar-refractivity contribution in [3.8, 4) is 5.75 Å². The number of allylic oxidation sites excluding steroid dienone is 2. The molecule has 1 N–H and O–H groups in total. The van der Waals surface area contributed by atoms with Crippen LogP contribution in [0.5, 0.6) is 5.75 Å². The highest BCUT2D eigenvalue weighted by molar-refractivity contribution is 5.51. The molecular weight excluding hydrogens is 258 g/mol. The second-order valence-corrected chi connectivity index (χ2v) is 6.03. The first kappa shape index (κ1) is 15.9. The van der Waals surface area contributed by atoms with Gasteiger partial charge in [-0.15, -0.1) is 0 Å². The summed E-state index contributed by atoms with van der Waals surface area (Å²) in [6, 6.07) is 8.41. The highest BCUT2D eigenvalue weighted by atomic mass is 16.3. The Kier molecular flexibility index (Phi) is 6.65. The SMILES string of the molecule is CC/C=C/CCCN(c1cccc(O)c1)C1CCCCC1. The van der Waals surface area contributed by atoms with E-state index in [0.717, 1.165) is 19.4 Å². The standard InChI is InChI=1S/C19H29NO/c1-2-3-4-5-9-15-20(17-11-7-6-8-12-17)18-13-10-14-19(21)16-18/h3-4,10,13-14,16-17,21H,2,5-9,11-12,15H2,1H3/b4-3+. The van der Waals surface area contributed by atoms with Crippen molar-refractivity contribution in [2.45, 2.75) is 64.3 Å². The van der Waals surface area contributed by atoms with Crippen molar-refractivity contribution in [2.75, 3.05) is 11.4 Å². The number of anilines is 1. The molecule has 1 fully saturated rings. The molecule has 2 rings (SSSR count). The lowest BCUT2D eigenvalue weighted by Crippen LogP contribution is -2.37. The largest absolute Gasteiger partial charge is 0.508 e. The fourth-order valence-electron chi connectivity index (χ4n) is 3.25. The fraction of sp³-hybridized carbons (Fsp3) is 0.579. The minimum atomic E-state index is 0.374. The first-order valence-corrected chi connectivity index (χ1v) is 8.52. The fourth-order valence-corrected chi connectivity index (χ4v) is 3.25. The van der Waals surface area contributed by atoms with Crippen LogP contribution in [0.3, 0.4) is 0 Å². The summed E-state index contributed by atoms with van der Waals surface area (Å²) in [6.07, 6.45) is 14.6. The van der Waals surface area contributed by atoms with Gasteiger partial charge in [-0.3, -0.25) is 0 Å². The zero-order valence-electron chi connectivity index (χ0n) is 13.3. The summed E-state index contributed by atoms with van der Waals surface area (Å²) in [5.41, 5.74) is 1.18. The summed E-state index contributed by atoms with van der Waals surface area (Å²) >= 11 is 0. The normalized spacial score (nSPS) is 16.4. The molecular formula is C19H29NO. The first-order chi connectivity index (χ1) is 10.3. The van der Waals surface area contributed by atoms with Crippen molar-refractivity contribution in [3.05, 3.63) is 36.4 Å². The molecule has 1 saturated carbocycles. The maximum Gasteiger partial charge on any atom is 0.117 e. The zero-order valence-corrected chi connectivity index (χ0v) is 13.3. The molecule has 0 aromatic heterocycles. The average Bonchev–Trinajstić information content (AvgIpc) is 2.52. The summed E-state index contributed by atoms with van der Waals surface area (Å²) in [5.74, 6) is 0.374. The van der Waals surface area contributed by atoms with E-state index in [1.54, 1.807) is 6.07 Å². The van der Waals surface area contributed by atoms with Gasteiger partial charge >= 0.3 is 0 Å². The molecule has 116 valence electrons. The van der Waals surface area contributed by atoms with Gasteiger partial charge in [-0.25, -0.2) is 0 Å². The Labute approximate surface area is 129 Å². The van der Waals surface area contributed by atoms with Crippen molar-refractivity contribution in [2.24, 2.45) is 0 Å². The number of rotatable bonds is 7. The highest BCUT2D eigenvalue weighted by Gasteiger charge is 2.21. The zero-order chi connectivity index (χ0) is 14.9. The van der Waals surface area contributed by atoms with Crippen molar-refractivity contribution >= 4 is 5.69 Å². The summed E-state index contributed by atoms with van der Waals surface area (Å²) in [7, 11) is 0. The number of nitrogens with zero attached hydrogens (tertiary/aromatic N) is 1. The average molecular weight is 287 g/mol. The predicted molar refractivity (Wildman–Crippen MR) is 91.0 cm³/mol. The minimum Gasteiger partial charge on any atom is -0.508 e. The molecule has 0 aliphatic heterocycles. The van der Waals surface area contributed by atoms with Gasteiger partial charge < -0.3 is 10.0 Å². The molecule has 0 radical (unpaired) electrons. The van der Waals surface area contributed by atoms with Gasteiger partial charge in [0.25, 0.3) is 0 Å². The van der Waals surface area contributed by atoms with Crippen molar-refractivity contribution in [3.63, 3.8) is 0 Å². The second-order valence-electron chi connectivity index (χ2n) is 6.03. The molecule has 0 saturated heterocycles. The van der Waals surface area contributed by atoms with Crippen LogP contribution in [-0.2, 0) is 0 Å². The molecule has 1 aromatic rings. The molecule has 0 bridgehead atoms. The van der Waals surface area contributed by atoms with Crippen LogP contribution >= 0.6 is 0 Å². The molecule has 1 aromatic carbocycles. The molecule has 2 nitrogen and oxygen atoms in total. The first-order valence-electron chi connectivity index (χ1n) is 8.52. The van der Waals surface area contributed by atoms with Crippen LogP contribution in [0, 0.1) is 0 Å². The van der Waals surface area contributed by atoms with Crippen molar-refractivity contribution < 1.29 is 5.11 Å². The van der Waals surface area contributed by atoms with Crippen LogP contribution in [0.15, 0.2) is 36.4 Å². The Morgan fingerprint density at radius 1 is 1.19 bits per heavy atom. The van der Waals surface area contributed by atoms with E-state index < -0.39 is 0 Å². The summed E-state index contributed by atoms with van der Waals surface area (Å²) < 4.78 is 0. The number of hydrogen-bond donors (Lipinski definition) is 1. The molecule has 0 unspecified atom stereocenters. The van der Waals surface area contributed by atoms with Crippen LogP contribution in [0.2, 0.25) is 0 Å². The van der Waals surface area contributed by atoms with Crippen LogP contribution in [0.25, 0.3) is 0 Å². The molecule has 0 amide bonds. The van der Waals surface area contributed by atoms with E-state index in [9.17, 15) is 5.11 Å².